The highest BCUT2D eigenvalue weighted by Gasteiger charge is 2.54. The molecule has 0 bridgehead atoms. The Hall–Kier alpha value is -2.60. The van der Waals surface area contributed by atoms with Crippen LogP contribution in [0.1, 0.15) is 53.5 Å². The maximum Gasteiger partial charge on any atom is 0.261 e. The smallest absolute Gasteiger partial charge is 0.261 e. The number of aldehydes is 1. The van der Waals surface area contributed by atoms with Gasteiger partial charge in [0.05, 0.1) is 33.0 Å². The van der Waals surface area contributed by atoms with E-state index in [1.165, 1.54) is 10.4 Å². The third-order valence-electron chi connectivity index (χ3n) is 9.46. The topological polar surface area (TPSA) is 66.5 Å². The Labute approximate surface area is 272 Å². The lowest BCUT2D eigenvalue weighted by Crippen LogP contribution is -2.68. The highest BCUT2D eigenvalue weighted by molar-refractivity contribution is 6.99. The second kappa shape index (κ2) is 15.3. The molecule has 3 atom stereocenters. The highest BCUT2D eigenvalue weighted by atomic mass is 28.4. The van der Waals surface area contributed by atoms with Gasteiger partial charge in [-0.1, -0.05) is 114 Å². The van der Waals surface area contributed by atoms with Gasteiger partial charge in [-0.05, 0) is 51.2 Å². The van der Waals surface area contributed by atoms with E-state index in [-0.39, 0.29) is 11.1 Å². The maximum absolute atomic E-state index is 11.8. The van der Waals surface area contributed by atoms with E-state index in [0.717, 1.165) is 35.7 Å². The molecule has 1 heterocycles. The number of carbonyl (C=O) groups excluding carboxylic acids is 1. The van der Waals surface area contributed by atoms with E-state index in [9.17, 15) is 4.79 Å². The van der Waals surface area contributed by atoms with Gasteiger partial charge in [0, 0.05) is 6.42 Å². The van der Waals surface area contributed by atoms with E-state index in [0.29, 0.717) is 26.2 Å². The molecular weight excluding hydrogens is 597 g/mol. The molecule has 0 radical (unpaired) electrons. The number of benzene rings is 3. The van der Waals surface area contributed by atoms with Crippen molar-refractivity contribution in [2.75, 3.05) is 20.3 Å². The van der Waals surface area contributed by atoms with Gasteiger partial charge in [0.15, 0.2) is 14.6 Å². The van der Waals surface area contributed by atoms with Crippen LogP contribution >= 0.6 is 0 Å². The number of methoxy groups -OCH3 is 1. The second-order valence-electron chi connectivity index (χ2n) is 13.3. The van der Waals surface area contributed by atoms with Gasteiger partial charge in [-0.2, -0.15) is 0 Å². The minimum Gasteiger partial charge on any atom is -0.497 e. The van der Waals surface area contributed by atoms with Crippen molar-refractivity contribution in [1.29, 1.82) is 0 Å². The number of hydrogen-bond acceptors (Lipinski definition) is 6. The molecule has 1 aliphatic heterocycles. The number of ether oxygens (including phenoxy) is 3. The van der Waals surface area contributed by atoms with Gasteiger partial charge in [0.2, 0.25) is 0 Å². The van der Waals surface area contributed by atoms with Crippen LogP contribution in [0.15, 0.2) is 84.9 Å². The van der Waals surface area contributed by atoms with Crippen LogP contribution in [0.4, 0.5) is 0 Å². The molecule has 8 heteroatoms. The van der Waals surface area contributed by atoms with Crippen molar-refractivity contribution in [1.82, 2.24) is 0 Å². The summed E-state index contributed by atoms with van der Waals surface area (Å²) < 4.78 is 32.7. The molecule has 1 fully saturated rings. The van der Waals surface area contributed by atoms with Crippen LogP contribution in [-0.2, 0) is 29.7 Å². The molecule has 4 rings (SSSR count). The Balaban J connectivity index is 1.78. The fourth-order valence-corrected chi connectivity index (χ4v) is 14.3. The molecule has 0 amide bonds. The Morgan fingerprint density at radius 2 is 1.36 bits per heavy atom. The highest BCUT2D eigenvalue weighted by Crippen LogP contribution is 2.41. The molecule has 0 N–H and O–H groups in total. The molecule has 45 heavy (non-hydrogen) atoms. The Bertz CT molecular complexity index is 1280. The zero-order valence-corrected chi connectivity index (χ0v) is 30.2. The molecule has 0 aromatic heterocycles. The predicted octanol–water partition coefficient (Wildman–Crippen LogP) is 6.91. The van der Waals surface area contributed by atoms with Crippen molar-refractivity contribution in [3.63, 3.8) is 0 Å². The van der Waals surface area contributed by atoms with Gasteiger partial charge < -0.3 is 27.9 Å². The molecule has 3 aromatic carbocycles. The summed E-state index contributed by atoms with van der Waals surface area (Å²) >= 11 is 0. The summed E-state index contributed by atoms with van der Waals surface area (Å²) in [5.74, 6) is 0.811. The molecule has 0 unspecified atom stereocenters. The predicted molar refractivity (Wildman–Crippen MR) is 187 cm³/mol. The molecule has 244 valence electrons. The van der Waals surface area contributed by atoms with Crippen LogP contribution in [-0.4, -0.2) is 61.1 Å². The summed E-state index contributed by atoms with van der Waals surface area (Å²) in [6.45, 7) is 14.7. The minimum atomic E-state index is -2.88. The van der Waals surface area contributed by atoms with Crippen LogP contribution in [0.2, 0.25) is 23.2 Å². The molecule has 0 aliphatic carbocycles. The summed E-state index contributed by atoms with van der Waals surface area (Å²) in [5.41, 5.74) is 0.256. The Morgan fingerprint density at radius 3 is 1.80 bits per heavy atom. The number of rotatable bonds is 18. The summed E-state index contributed by atoms with van der Waals surface area (Å²) in [5, 5.41) is 2.24. The Kier molecular flexibility index (Phi) is 12.0. The number of hydrogen-bond donors (Lipinski definition) is 0. The van der Waals surface area contributed by atoms with E-state index in [1.807, 2.05) is 24.3 Å². The van der Waals surface area contributed by atoms with E-state index >= 15 is 0 Å². The zero-order valence-electron chi connectivity index (χ0n) is 28.2. The van der Waals surface area contributed by atoms with Crippen molar-refractivity contribution in [3.8, 4) is 5.75 Å². The SMILES string of the molecule is CC[Si](CC)(CC)O[C@](COCc1ccc(OC)cc1)(CO[Si](c1ccccc1)(c1ccccc1)C(C)(C)C)C[C@@H]1O[C@H]1C=O. The quantitative estimate of drug-likeness (QED) is 0.0849. The van der Waals surface area contributed by atoms with Crippen molar-refractivity contribution in [2.24, 2.45) is 0 Å². The Morgan fingerprint density at radius 1 is 0.800 bits per heavy atom. The summed E-state index contributed by atoms with van der Waals surface area (Å²) in [4.78, 5) is 11.8. The van der Waals surface area contributed by atoms with E-state index in [2.05, 4.69) is 102 Å². The van der Waals surface area contributed by atoms with Gasteiger partial charge in [-0.3, -0.25) is 0 Å². The second-order valence-corrected chi connectivity index (χ2v) is 22.3. The number of carbonyl (C=O) groups is 1. The first kappa shape index (κ1) is 35.3. The van der Waals surface area contributed by atoms with E-state index in [1.54, 1.807) is 7.11 Å². The van der Waals surface area contributed by atoms with Crippen LogP contribution in [0.3, 0.4) is 0 Å². The molecule has 0 saturated carbocycles. The van der Waals surface area contributed by atoms with Crippen molar-refractivity contribution < 1.29 is 27.9 Å². The summed E-state index contributed by atoms with van der Waals surface area (Å²) in [7, 11) is -3.38. The van der Waals surface area contributed by atoms with Gasteiger partial charge in [0.25, 0.3) is 8.32 Å². The molecule has 1 saturated heterocycles. The van der Waals surface area contributed by atoms with Crippen LogP contribution in [0.5, 0.6) is 5.75 Å². The fourth-order valence-electron chi connectivity index (χ4n) is 6.57. The lowest BCUT2D eigenvalue weighted by molar-refractivity contribution is -0.108. The summed E-state index contributed by atoms with van der Waals surface area (Å²) in [6, 6.07) is 32.3. The third-order valence-corrected chi connectivity index (χ3v) is 19.2. The van der Waals surface area contributed by atoms with Crippen molar-refractivity contribution in [2.45, 2.75) is 95.5 Å². The molecule has 1 aliphatic rings. The average molecular weight is 649 g/mol. The van der Waals surface area contributed by atoms with Crippen LogP contribution in [0.25, 0.3) is 0 Å². The first-order valence-corrected chi connectivity index (χ1v) is 20.8. The molecular formula is C37H52O6Si2. The molecule has 6 nitrogen and oxygen atoms in total. The normalized spacial score (nSPS) is 18.3. The standard InChI is InChI=1S/C37H52O6Si2/c1-8-44(9-2,10-3)43-37(25-34-35(26-38)42-34,28-40-27-30-21-23-31(39-7)24-22-30)29-41-45(36(4,5)6,32-17-13-11-14-18-32)33-19-15-12-16-20-33/h11-24,26,34-35H,8-10,25,27-29H2,1-7H3/t34-,35-,37+/m0/s1. The van der Waals surface area contributed by atoms with Gasteiger partial charge in [-0.15, -0.1) is 0 Å². The molecule has 0 spiro atoms. The zero-order chi connectivity index (χ0) is 32.6. The maximum atomic E-state index is 11.8. The van der Waals surface area contributed by atoms with E-state index in [4.69, 9.17) is 23.1 Å². The van der Waals surface area contributed by atoms with Crippen LogP contribution in [0, 0.1) is 0 Å². The summed E-state index contributed by atoms with van der Waals surface area (Å²) in [6.07, 6.45) is 0.808. The number of epoxide rings is 1. The molecule has 3 aromatic rings. The minimum absolute atomic E-state index is 0.193. The first-order chi connectivity index (χ1) is 21.6. The fraction of sp³-hybridized carbons (Fsp3) is 0.486. The van der Waals surface area contributed by atoms with E-state index < -0.39 is 28.3 Å². The van der Waals surface area contributed by atoms with Gasteiger partial charge in [0.1, 0.15) is 17.5 Å². The average Bonchev–Trinajstić information content (AvgIpc) is 3.82. The lowest BCUT2D eigenvalue weighted by atomic mass is 9.98. The van der Waals surface area contributed by atoms with Crippen LogP contribution < -0.4 is 15.1 Å². The van der Waals surface area contributed by atoms with Crippen molar-refractivity contribution >= 4 is 33.3 Å². The third kappa shape index (κ3) is 8.23. The lowest BCUT2D eigenvalue weighted by Gasteiger charge is -2.48. The van der Waals surface area contributed by atoms with Gasteiger partial charge >= 0.3 is 0 Å². The first-order valence-electron chi connectivity index (χ1n) is 16.4. The van der Waals surface area contributed by atoms with Gasteiger partial charge in [-0.25, -0.2) is 0 Å². The van der Waals surface area contributed by atoms with Crippen molar-refractivity contribution in [3.05, 3.63) is 90.5 Å². The largest absolute Gasteiger partial charge is 0.497 e. The monoisotopic (exact) mass is 648 g/mol.